The Morgan fingerprint density at radius 2 is 2.00 bits per heavy atom. The first-order valence-electron chi connectivity index (χ1n) is 6.41. The highest BCUT2D eigenvalue weighted by Gasteiger charge is 2.19. The lowest BCUT2D eigenvalue weighted by Crippen LogP contribution is -2.00. The van der Waals surface area contributed by atoms with Crippen LogP contribution in [0.15, 0.2) is 46.9 Å². The van der Waals surface area contributed by atoms with Gasteiger partial charge in [0.1, 0.15) is 5.75 Å². The number of halogens is 1. The molecule has 1 atom stereocenters. The van der Waals surface area contributed by atoms with Crippen LogP contribution in [0.2, 0.25) is 0 Å². The van der Waals surface area contributed by atoms with E-state index in [1.807, 2.05) is 6.92 Å². The average Bonchev–Trinajstić information content (AvgIpc) is 2.48. The fourth-order valence-electron chi connectivity index (χ4n) is 1.91. The molecule has 6 heteroatoms. The summed E-state index contributed by atoms with van der Waals surface area (Å²) >= 11 is 3.20. The van der Waals surface area contributed by atoms with Crippen molar-refractivity contribution in [1.82, 2.24) is 0 Å². The molecule has 2 aromatic carbocycles. The number of hydrogen-bond acceptors (Lipinski definition) is 4. The fourth-order valence-corrected chi connectivity index (χ4v) is 2.26. The van der Waals surface area contributed by atoms with Crippen LogP contribution in [0.5, 0.6) is 11.5 Å². The summed E-state index contributed by atoms with van der Waals surface area (Å²) in [5.74, 6) is 0.552. The summed E-state index contributed by atoms with van der Waals surface area (Å²) in [7, 11) is 0. The molecule has 0 saturated carbocycles. The van der Waals surface area contributed by atoms with E-state index in [1.54, 1.807) is 30.3 Å². The first kappa shape index (κ1) is 15.5. The molecule has 0 aliphatic rings. The number of nitro benzene ring substituents is 1. The summed E-state index contributed by atoms with van der Waals surface area (Å²) in [5.41, 5.74) is 0.474. The standard InChI is InChI=1S/C15H14BrNO4/c1-2-13(18)11-5-3-4-6-14(11)21-15-8-7-10(16)9-12(15)17(19)20/h3-9,13,18H,2H2,1H3/t13-/m0/s1. The lowest BCUT2D eigenvalue weighted by molar-refractivity contribution is -0.385. The van der Waals surface area contributed by atoms with Crippen molar-refractivity contribution in [3.05, 3.63) is 62.6 Å². The van der Waals surface area contributed by atoms with Crippen LogP contribution in [0, 0.1) is 10.1 Å². The highest BCUT2D eigenvalue weighted by Crippen LogP contribution is 2.36. The van der Waals surface area contributed by atoms with Crippen LogP contribution >= 0.6 is 15.9 Å². The lowest BCUT2D eigenvalue weighted by atomic mass is 10.1. The van der Waals surface area contributed by atoms with Gasteiger partial charge in [0.05, 0.1) is 11.0 Å². The van der Waals surface area contributed by atoms with E-state index in [0.717, 1.165) is 0 Å². The number of nitro groups is 1. The van der Waals surface area contributed by atoms with Crippen LogP contribution in [0.3, 0.4) is 0 Å². The Bertz CT molecular complexity index is 660. The molecule has 0 unspecified atom stereocenters. The van der Waals surface area contributed by atoms with Crippen molar-refractivity contribution in [1.29, 1.82) is 0 Å². The first-order chi connectivity index (χ1) is 10.0. The van der Waals surface area contributed by atoms with E-state index in [0.29, 0.717) is 22.2 Å². The predicted octanol–water partition coefficient (Wildman–Crippen LogP) is 4.59. The topological polar surface area (TPSA) is 72.6 Å². The van der Waals surface area contributed by atoms with E-state index in [-0.39, 0.29) is 11.4 Å². The maximum Gasteiger partial charge on any atom is 0.312 e. The van der Waals surface area contributed by atoms with Gasteiger partial charge in [0, 0.05) is 16.1 Å². The average molecular weight is 352 g/mol. The fraction of sp³-hybridized carbons (Fsp3) is 0.200. The Balaban J connectivity index is 2.41. The molecule has 0 aromatic heterocycles. The van der Waals surface area contributed by atoms with Crippen molar-refractivity contribution in [3.63, 3.8) is 0 Å². The Kier molecular flexibility index (Phi) is 4.93. The third kappa shape index (κ3) is 3.59. The minimum absolute atomic E-state index is 0.134. The van der Waals surface area contributed by atoms with Crippen molar-refractivity contribution in [2.24, 2.45) is 0 Å². The lowest BCUT2D eigenvalue weighted by Gasteiger charge is -2.14. The van der Waals surface area contributed by atoms with Crippen LogP contribution in [0.4, 0.5) is 5.69 Å². The minimum Gasteiger partial charge on any atom is -0.450 e. The number of hydrogen-bond donors (Lipinski definition) is 1. The van der Waals surface area contributed by atoms with Crippen molar-refractivity contribution >= 4 is 21.6 Å². The molecular weight excluding hydrogens is 338 g/mol. The van der Waals surface area contributed by atoms with Crippen LogP contribution in [0.25, 0.3) is 0 Å². The monoisotopic (exact) mass is 351 g/mol. The molecular formula is C15H14BrNO4. The zero-order valence-corrected chi connectivity index (χ0v) is 12.9. The zero-order chi connectivity index (χ0) is 15.4. The van der Waals surface area contributed by atoms with E-state index >= 15 is 0 Å². The second-order valence-electron chi connectivity index (χ2n) is 4.43. The molecule has 0 heterocycles. The van der Waals surface area contributed by atoms with Crippen LogP contribution < -0.4 is 4.74 Å². The van der Waals surface area contributed by atoms with Gasteiger partial charge in [0.2, 0.25) is 5.75 Å². The molecule has 0 aliphatic carbocycles. The Hall–Kier alpha value is -1.92. The molecule has 1 N–H and O–H groups in total. The Morgan fingerprint density at radius 1 is 1.29 bits per heavy atom. The number of rotatable bonds is 5. The van der Waals surface area contributed by atoms with Crippen molar-refractivity contribution in [2.75, 3.05) is 0 Å². The summed E-state index contributed by atoms with van der Waals surface area (Å²) in [4.78, 5) is 10.6. The third-order valence-corrected chi connectivity index (χ3v) is 3.50. The van der Waals surface area contributed by atoms with Gasteiger partial charge < -0.3 is 9.84 Å². The third-order valence-electron chi connectivity index (χ3n) is 3.00. The van der Waals surface area contributed by atoms with E-state index in [1.165, 1.54) is 12.1 Å². The minimum atomic E-state index is -0.671. The maximum atomic E-state index is 11.1. The van der Waals surface area contributed by atoms with E-state index in [9.17, 15) is 15.2 Å². The number of aliphatic hydroxyl groups is 1. The summed E-state index contributed by atoms with van der Waals surface area (Å²) in [5, 5.41) is 21.1. The zero-order valence-electron chi connectivity index (χ0n) is 11.3. The molecule has 0 aliphatic heterocycles. The molecule has 0 amide bonds. The van der Waals surface area contributed by atoms with Crippen molar-refractivity contribution in [3.8, 4) is 11.5 Å². The van der Waals surface area contributed by atoms with Gasteiger partial charge in [-0.05, 0) is 24.6 Å². The van der Waals surface area contributed by atoms with Gasteiger partial charge in [-0.15, -0.1) is 0 Å². The summed E-state index contributed by atoms with van der Waals surface area (Å²) < 4.78 is 6.26. The molecule has 21 heavy (non-hydrogen) atoms. The number of ether oxygens (including phenoxy) is 1. The molecule has 0 spiro atoms. The molecule has 0 bridgehead atoms. The molecule has 0 radical (unpaired) electrons. The van der Waals surface area contributed by atoms with Gasteiger partial charge in [0.25, 0.3) is 0 Å². The summed E-state index contributed by atoms with van der Waals surface area (Å²) in [6.45, 7) is 1.85. The molecule has 0 saturated heterocycles. The highest BCUT2D eigenvalue weighted by molar-refractivity contribution is 9.10. The van der Waals surface area contributed by atoms with Crippen LogP contribution in [-0.2, 0) is 0 Å². The highest BCUT2D eigenvalue weighted by atomic mass is 79.9. The van der Waals surface area contributed by atoms with Gasteiger partial charge in [-0.2, -0.15) is 0 Å². The van der Waals surface area contributed by atoms with Crippen LogP contribution in [-0.4, -0.2) is 10.0 Å². The first-order valence-corrected chi connectivity index (χ1v) is 7.21. The van der Waals surface area contributed by atoms with E-state index in [2.05, 4.69) is 15.9 Å². The number of benzene rings is 2. The maximum absolute atomic E-state index is 11.1. The normalized spacial score (nSPS) is 12.0. The van der Waals surface area contributed by atoms with Crippen LogP contribution in [0.1, 0.15) is 25.0 Å². The number of para-hydroxylation sites is 1. The molecule has 5 nitrogen and oxygen atoms in total. The van der Waals surface area contributed by atoms with Gasteiger partial charge in [-0.25, -0.2) is 0 Å². The number of aliphatic hydroxyl groups excluding tert-OH is 1. The molecule has 0 fully saturated rings. The smallest absolute Gasteiger partial charge is 0.312 e. The van der Waals surface area contributed by atoms with Gasteiger partial charge >= 0.3 is 5.69 Å². The van der Waals surface area contributed by atoms with E-state index in [4.69, 9.17) is 4.74 Å². The SMILES string of the molecule is CC[C@H](O)c1ccccc1Oc1ccc(Br)cc1[N+](=O)[O-]. The Morgan fingerprint density at radius 3 is 2.67 bits per heavy atom. The largest absolute Gasteiger partial charge is 0.450 e. The molecule has 2 rings (SSSR count). The number of nitrogens with zero attached hydrogens (tertiary/aromatic N) is 1. The van der Waals surface area contributed by atoms with Crippen molar-refractivity contribution < 1.29 is 14.8 Å². The second-order valence-corrected chi connectivity index (χ2v) is 5.35. The summed E-state index contributed by atoms with van der Waals surface area (Å²) in [6, 6.07) is 11.5. The van der Waals surface area contributed by atoms with Gasteiger partial charge in [-0.3, -0.25) is 10.1 Å². The summed E-state index contributed by atoms with van der Waals surface area (Å²) in [6.07, 6.45) is -0.140. The second kappa shape index (κ2) is 6.69. The molecule has 2 aromatic rings. The molecule has 110 valence electrons. The van der Waals surface area contributed by atoms with Gasteiger partial charge in [0.15, 0.2) is 0 Å². The van der Waals surface area contributed by atoms with Crippen molar-refractivity contribution in [2.45, 2.75) is 19.4 Å². The quantitative estimate of drug-likeness (QED) is 0.631. The Labute approximate surface area is 130 Å². The van der Waals surface area contributed by atoms with Gasteiger partial charge in [-0.1, -0.05) is 41.1 Å². The van der Waals surface area contributed by atoms with E-state index < -0.39 is 11.0 Å². The predicted molar refractivity (Wildman–Crippen MR) is 82.6 cm³/mol.